The number of thioether (sulfide) groups is 1. The molecule has 4 heteroatoms. The van der Waals surface area contributed by atoms with Gasteiger partial charge in [-0.1, -0.05) is 0 Å². The van der Waals surface area contributed by atoms with Gasteiger partial charge in [0, 0.05) is 25.2 Å². The first-order valence-corrected chi connectivity index (χ1v) is 7.85. The van der Waals surface area contributed by atoms with Crippen LogP contribution in [-0.4, -0.2) is 27.1 Å². The molecule has 3 heterocycles. The molecule has 0 amide bonds. The van der Waals surface area contributed by atoms with Crippen molar-refractivity contribution < 1.29 is 0 Å². The third-order valence-electron chi connectivity index (χ3n) is 3.85. The number of hydrogen-bond donors (Lipinski definition) is 1. The Morgan fingerprint density at radius 3 is 3.24 bits per heavy atom. The van der Waals surface area contributed by atoms with Crippen LogP contribution in [0.1, 0.15) is 30.8 Å². The lowest BCUT2D eigenvalue weighted by Crippen LogP contribution is -2.30. The fraction of sp³-hybridized carbons (Fsp3) is 0.769. The van der Waals surface area contributed by atoms with E-state index in [-0.39, 0.29) is 0 Å². The Hall–Kier alpha value is -0.480. The summed E-state index contributed by atoms with van der Waals surface area (Å²) in [5.74, 6) is 4.73. The quantitative estimate of drug-likeness (QED) is 0.872. The smallest absolute Gasteiger partial charge is 0.110 e. The van der Waals surface area contributed by atoms with E-state index in [1.165, 1.54) is 42.3 Å². The lowest BCUT2D eigenvalue weighted by molar-refractivity contribution is 0.463. The van der Waals surface area contributed by atoms with E-state index in [2.05, 4.69) is 22.5 Å². The van der Waals surface area contributed by atoms with E-state index in [0.29, 0.717) is 6.04 Å². The maximum Gasteiger partial charge on any atom is 0.110 e. The maximum absolute atomic E-state index is 5.99. The van der Waals surface area contributed by atoms with Crippen molar-refractivity contribution in [1.82, 2.24) is 9.55 Å². The summed E-state index contributed by atoms with van der Waals surface area (Å²) in [5, 5.41) is 0. The van der Waals surface area contributed by atoms with Gasteiger partial charge in [0.2, 0.25) is 0 Å². The van der Waals surface area contributed by atoms with E-state index < -0.39 is 0 Å². The van der Waals surface area contributed by atoms with Crippen molar-refractivity contribution in [2.24, 2.45) is 11.7 Å². The topological polar surface area (TPSA) is 43.8 Å². The summed E-state index contributed by atoms with van der Waals surface area (Å²) in [5.41, 5.74) is 7.28. The van der Waals surface area contributed by atoms with E-state index in [0.717, 1.165) is 25.3 Å². The number of aromatic nitrogens is 2. The van der Waals surface area contributed by atoms with Crippen LogP contribution in [-0.2, 0) is 19.4 Å². The van der Waals surface area contributed by atoms with Gasteiger partial charge < -0.3 is 10.3 Å². The Morgan fingerprint density at radius 2 is 2.41 bits per heavy atom. The van der Waals surface area contributed by atoms with Crippen LogP contribution in [0.15, 0.2) is 6.20 Å². The number of rotatable bonds is 2. The summed E-state index contributed by atoms with van der Waals surface area (Å²) in [4.78, 5) is 4.77. The zero-order chi connectivity index (χ0) is 11.7. The maximum atomic E-state index is 5.99. The highest BCUT2D eigenvalue weighted by molar-refractivity contribution is 7.99. The molecule has 0 aromatic carbocycles. The molecule has 1 aromatic rings. The predicted octanol–water partition coefficient (Wildman–Crippen LogP) is 1.84. The Morgan fingerprint density at radius 1 is 1.47 bits per heavy atom. The summed E-state index contributed by atoms with van der Waals surface area (Å²) >= 11 is 2.10. The molecule has 0 aliphatic carbocycles. The molecule has 2 N–H and O–H groups in total. The highest BCUT2D eigenvalue weighted by Crippen LogP contribution is 2.26. The van der Waals surface area contributed by atoms with Crippen molar-refractivity contribution in [2.45, 2.75) is 44.7 Å². The van der Waals surface area contributed by atoms with Gasteiger partial charge in [-0.2, -0.15) is 11.8 Å². The highest BCUT2D eigenvalue weighted by Gasteiger charge is 2.20. The van der Waals surface area contributed by atoms with Crippen molar-refractivity contribution in [2.75, 3.05) is 11.5 Å². The molecule has 2 atom stereocenters. The van der Waals surface area contributed by atoms with E-state index in [1.54, 1.807) is 0 Å². The molecule has 17 heavy (non-hydrogen) atoms. The molecular formula is C13H21N3S. The van der Waals surface area contributed by atoms with Gasteiger partial charge in [-0.3, -0.25) is 0 Å². The molecule has 0 bridgehead atoms. The minimum atomic E-state index is 0.322. The molecule has 94 valence electrons. The van der Waals surface area contributed by atoms with Gasteiger partial charge in [0.15, 0.2) is 0 Å². The van der Waals surface area contributed by atoms with E-state index in [4.69, 9.17) is 10.7 Å². The monoisotopic (exact) mass is 251 g/mol. The molecule has 2 aliphatic rings. The highest BCUT2D eigenvalue weighted by atomic mass is 32.2. The third kappa shape index (κ3) is 2.68. The molecule has 1 fully saturated rings. The SMILES string of the molecule is NC1CCn2cc(CC3CCCSC3)nc2C1. The number of nitrogens with two attached hydrogens (primary N) is 1. The number of hydrogen-bond acceptors (Lipinski definition) is 3. The van der Waals surface area contributed by atoms with Gasteiger partial charge in [-0.25, -0.2) is 4.98 Å². The van der Waals surface area contributed by atoms with Gasteiger partial charge in [0.25, 0.3) is 0 Å². The van der Waals surface area contributed by atoms with Crippen LogP contribution in [0.25, 0.3) is 0 Å². The van der Waals surface area contributed by atoms with Gasteiger partial charge in [-0.15, -0.1) is 0 Å². The molecule has 0 saturated carbocycles. The zero-order valence-corrected chi connectivity index (χ0v) is 11.1. The van der Waals surface area contributed by atoms with Crippen LogP contribution in [0, 0.1) is 5.92 Å². The molecular weight excluding hydrogens is 230 g/mol. The number of imidazole rings is 1. The Kier molecular flexibility index (Phi) is 3.43. The number of fused-ring (bicyclic) bond motifs is 1. The fourth-order valence-electron chi connectivity index (χ4n) is 2.87. The summed E-state index contributed by atoms with van der Waals surface area (Å²) < 4.78 is 2.31. The van der Waals surface area contributed by atoms with Gasteiger partial charge in [0.05, 0.1) is 5.69 Å². The molecule has 1 aromatic heterocycles. The van der Waals surface area contributed by atoms with Crippen LogP contribution in [0.5, 0.6) is 0 Å². The normalized spacial score (nSPS) is 29.0. The predicted molar refractivity (Wildman–Crippen MR) is 72.3 cm³/mol. The molecule has 3 rings (SSSR count). The first-order chi connectivity index (χ1) is 8.31. The van der Waals surface area contributed by atoms with Gasteiger partial charge in [0.1, 0.15) is 5.82 Å². The van der Waals surface area contributed by atoms with Crippen LogP contribution < -0.4 is 5.73 Å². The second-order valence-corrected chi connectivity index (χ2v) is 6.53. The van der Waals surface area contributed by atoms with Crippen LogP contribution >= 0.6 is 11.8 Å². The molecule has 1 saturated heterocycles. The number of aryl methyl sites for hydroxylation is 1. The zero-order valence-electron chi connectivity index (χ0n) is 10.3. The number of nitrogens with zero attached hydrogens (tertiary/aromatic N) is 2. The van der Waals surface area contributed by atoms with E-state index >= 15 is 0 Å². The van der Waals surface area contributed by atoms with Crippen LogP contribution in [0.4, 0.5) is 0 Å². The molecule has 2 aliphatic heterocycles. The van der Waals surface area contributed by atoms with Crippen molar-refractivity contribution in [3.63, 3.8) is 0 Å². The van der Waals surface area contributed by atoms with Crippen molar-refractivity contribution in [1.29, 1.82) is 0 Å². The van der Waals surface area contributed by atoms with Crippen molar-refractivity contribution in [3.05, 3.63) is 17.7 Å². The summed E-state index contributed by atoms with van der Waals surface area (Å²) in [6, 6.07) is 0.322. The van der Waals surface area contributed by atoms with Crippen LogP contribution in [0.2, 0.25) is 0 Å². The summed E-state index contributed by atoms with van der Waals surface area (Å²) in [6.45, 7) is 1.06. The average molecular weight is 251 g/mol. The van der Waals surface area contributed by atoms with E-state index in [9.17, 15) is 0 Å². The largest absolute Gasteiger partial charge is 0.335 e. The lowest BCUT2D eigenvalue weighted by atomic mass is 10.00. The molecule has 0 spiro atoms. The lowest BCUT2D eigenvalue weighted by Gasteiger charge is -2.19. The van der Waals surface area contributed by atoms with Crippen molar-refractivity contribution >= 4 is 11.8 Å². The minimum absolute atomic E-state index is 0.322. The molecule has 0 radical (unpaired) electrons. The van der Waals surface area contributed by atoms with Crippen molar-refractivity contribution in [3.8, 4) is 0 Å². The third-order valence-corrected chi connectivity index (χ3v) is 5.13. The standard InChI is InChI=1S/C13H21N3S/c14-11-3-4-16-8-12(15-13(16)7-11)6-10-2-1-5-17-9-10/h8,10-11H,1-7,9,14H2. The minimum Gasteiger partial charge on any atom is -0.335 e. The average Bonchev–Trinajstić information content (AvgIpc) is 2.71. The molecule has 2 unspecified atom stereocenters. The fourth-order valence-corrected chi connectivity index (χ4v) is 4.03. The Balaban J connectivity index is 1.67. The second kappa shape index (κ2) is 5.02. The van der Waals surface area contributed by atoms with Crippen LogP contribution in [0.3, 0.4) is 0 Å². The summed E-state index contributed by atoms with van der Waals surface area (Å²) in [6.07, 6.45) is 8.26. The first-order valence-electron chi connectivity index (χ1n) is 6.69. The van der Waals surface area contributed by atoms with E-state index in [1.807, 2.05) is 0 Å². The molecule has 3 nitrogen and oxygen atoms in total. The first kappa shape index (κ1) is 11.6. The van der Waals surface area contributed by atoms with Gasteiger partial charge in [-0.05, 0) is 43.1 Å². The van der Waals surface area contributed by atoms with Gasteiger partial charge >= 0.3 is 0 Å². The Bertz CT molecular complexity index is 382. The Labute approximate surface area is 107 Å². The summed E-state index contributed by atoms with van der Waals surface area (Å²) in [7, 11) is 0. The second-order valence-electron chi connectivity index (χ2n) is 5.38.